The number of carbonyl (C=O) groups is 4. The van der Waals surface area contributed by atoms with Crippen LogP contribution < -0.4 is 16.0 Å². The summed E-state index contributed by atoms with van der Waals surface area (Å²) in [7, 11) is -0.915. The molecule has 2 fully saturated rings. The van der Waals surface area contributed by atoms with E-state index in [4.69, 9.17) is 19.4 Å². The van der Waals surface area contributed by atoms with Gasteiger partial charge in [-0.15, -0.1) is 11.3 Å². The first-order chi connectivity index (χ1) is 30.7. The number of aromatic nitrogens is 4. The number of amides is 4. The third-order valence-corrected chi connectivity index (χ3v) is 14.6. The van der Waals surface area contributed by atoms with Crippen molar-refractivity contribution in [3.63, 3.8) is 0 Å². The largest absolute Gasteiger partial charge is 0.453 e. The van der Waals surface area contributed by atoms with E-state index >= 15 is 0 Å². The third-order valence-electron chi connectivity index (χ3n) is 12.5. The van der Waals surface area contributed by atoms with Crippen LogP contribution in [-0.4, -0.2) is 102 Å². The van der Waals surface area contributed by atoms with Gasteiger partial charge in [0.2, 0.25) is 11.8 Å². The van der Waals surface area contributed by atoms with Gasteiger partial charge in [-0.3, -0.25) is 9.59 Å². The quantitative estimate of drug-likeness (QED) is 0.0723. The molecular weight excluding hydrogens is 857 g/mol. The van der Waals surface area contributed by atoms with Crippen LogP contribution in [0.15, 0.2) is 60.8 Å². The van der Waals surface area contributed by atoms with E-state index in [-0.39, 0.29) is 36.0 Å². The minimum absolute atomic E-state index is 0.0966. The van der Waals surface area contributed by atoms with E-state index in [1.165, 1.54) is 14.2 Å². The van der Waals surface area contributed by atoms with Gasteiger partial charge in [-0.1, -0.05) is 57.0 Å². The van der Waals surface area contributed by atoms with Gasteiger partial charge in [-0.25, -0.2) is 28.0 Å². The van der Waals surface area contributed by atoms with Crippen LogP contribution in [0.3, 0.4) is 0 Å². The van der Waals surface area contributed by atoms with Gasteiger partial charge in [0.25, 0.3) is 0 Å². The van der Waals surface area contributed by atoms with E-state index in [2.05, 4.69) is 68.4 Å². The molecule has 1 saturated carbocycles. The minimum Gasteiger partial charge on any atom is -0.453 e. The van der Waals surface area contributed by atoms with Gasteiger partial charge in [-0.2, -0.15) is 0 Å². The second-order valence-corrected chi connectivity index (χ2v) is 20.6. The van der Waals surface area contributed by atoms with Crippen molar-refractivity contribution in [1.29, 1.82) is 0 Å². The summed E-state index contributed by atoms with van der Waals surface area (Å²) in [6.45, 7) is 4.37. The van der Waals surface area contributed by atoms with Crippen molar-refractivity contribution in [2.24, 2.45) is 11.8 Å². The van der Waals surface area contributed by atoms with Gasteiger partial charge < -0.3 is 40.3 Å². The summed E-state index contributed by atoms with van der Waals surface area (Å²) in [4.78, 5) is 69.9. The van der Waals surface area contributed by atoms with E-state index < -0.39 is 46.1 Å². The number of imidazole rings is 2. The van der Waals surface area contributed by atoms with E-state index in [9.17, 15) is 27.6 Å². The Morgan fingerprint density at radius 3 is 2.19 bits per heavy atom. The molecule has 0 spiro atoms. The molecule has 8 rings (SSSR count). The Labute approximate surface area is 375 Å². The van der Waals surface area contributed by atoms with Crippen molar-refractivity contribution in [3.8, 4) is 22.4 Å². The normalized spacial score (nSPS) is 17.2. The van der Waals surface area contributed by atoms with Crippen LogP contribution >= 0.6 is 11.3 Å². The Hall–Kier alpha value is -6.01. The number of ether oxygens (including phenoxy) is 2. The topological polar surface area (TPSA) is 218 Å². The van der Waals surface area contributed by atoms with Crippen LogP contribution in [0.25, 0.3) is 53.6 Å². The molecule has 1 aliphatic carbocycles. The fraction of sp³-hybridized carbons (Fsp3) is 0.435. The zero-order valence-electron chi connectivity index (χ0n) is 36.5. The van der Waals surface area contributed by atoms with Crippen LogP contribution in [0.5, 0.6) is 0 Å². The summed E-state index contributed by atoms with van der Waals surface area (Å²) in [5.74, 6) is 0.382. The molecule has 2 aliphatic rings. The lowest BCUT2D eigenvalue weighted by molar-refractivity contribution is -0.135. The summed E-state index contributed by atoms with van der Waals surface area (Å²) in [6, 6.07) is 16.4. The van der Waals surface area contributed by atoms with Crippen LogP contribution in [0.4, 0.5) is 9.59 Å². The summed E-state index contributed by atoms with van der Waals surface area (Å²) in [5, 5.41) is 10.6. The van der Waals surface area contributed by atoms with Crippen LogP contribution in [0.2, 0.25) is 0 Å². The molecule has 3 aromatic carbocycles. The molecule has 4 atom stereocenters. The number of likely N-dealkylation sites (tertiary alicyclic amines) is 1. The number of hydrogen-bond donors (Lipinski definition) is 5. The van der Waals surface area contributed by atoms with Gasteiger partial charge in [-0.05, 0) is 79.3 Å². The van der Waals surface area contributed by atoms with Crippen LogP contribution in [0, 0.1) is 11.8 Å². The Morgan fingerprint density at radius 1 is 0.844 bits per heavy atom. The van der Waals surface area contributed by atoms with Gasteiger partial charge in [0, 0.05) is 38.5 Å². The molecule has 6 aromatic rings. The minimum atomic E-state index is -3.39. The summed E-state index contributed by atoms with van der Waals surface area (Å²) in [6.07, 6.45) is 6.79. The molecule has 338 valence electrons. The number of aromatic amines is 2. The number of H-pyrrole nitrogens is 2. The second kappa shape index (κ2) is 18.6. The Bertz CT molecular complexity index is 2830. The molecule has 0 bridgehead atoms. The number of sulfone groups is 1. The molecule has 3 aromatic heterocycles. The maximum absolute atomic E-state index is 13.7. The number of thiophene rings is 1. The molecule has 1 aliphatic heterocycles. The van der Waals surface area contributed by atoms with E-state index in [1.54, 1.807) is 11.3 Å². The maximum Gasteiger partial charge on any atom is 0.407 e. The number of benzene rings is 3. The van der Waals surface area contributed by atoms with E-state index in [0.29, 0.717) is 18.2 Å². The summed E-state index contributed by atoms with van der Waals surface area (Å²) >= 11 is 1.71. The van der Waals surface area contributed by atoms with Crippen molar-refractivity contribution in [2.75, 3.05) is 32.8 Å². The fourth-order valence-corrected chi connectivity index (χ4v) is 10.9. The number of alkyl carbamates (subject to hydrolysis) is 2. The van der Waals surface area contributed by atoms with Crippen LogP contribution in [0.1, 0.15) is 82.5 Å². The van der Waals surface area contributed by atoms with Crippen molar-refractivity contribution in [1.82, 2.24) is 40.8 Å². The highest BCUT2D eigenvalue weighted by Gasteiger charge is 2.38. The number of methoxy groups -OCH3 is 2. The predicted molar refractivity (Wildman–Crippen MR) is 246 cm³/mol. The SMILES string of the molecule is COC(=O)N[C@@H](CCS(C)(=O)=O)C(=O)N[C@H](c1nc2ccc(-c3ccc4c(c3)sc3cc(-c5cnc([C@@H]6CCCN6C(=O)[C@@H](NC(=O)OC)C(C)C)[nH]5)ccc34)cc2[nH]1)C1CCCC1. The average molecular weight is 911 g/mol. The standard InChI is InChI=1S/C46H54N8O8S2/c1-25(2)39(53-46(58)62-4)44(56)54-19-8-11-36(54)41-47-24-35(50-41)29-13-16-31-30-15-12-28(22-37(30)63-38(31)23-29)27-14-17-32-34(21-27)49-42(48-32)40(26-9-6-7-10-26)52-43(55)33(51-45(57)61-3)18-20-64(5,59)60/h12-17,21-26,33,36,39-40H,6-11,18-20H2,1-5H3,(H,47,50)(H,48,49)(H,51,57)(H,52,55)(H,53,58)/t33-,36-,39-,40-/m0/s1. The molecule has 64 heavy (non-hydrogen) atoms. The fourth-order valence-electron chi connectivity index (χ4n) is 9.08. The molecule has 18 heteroatoms. The molecule has 0 radical (unpaired) electrons. The van der Waals surface area contributed by atoms with Crippen LogP contribution in [-0.2, 0) is 28.9 Å². The predicted octanol–water partition coefficient (Wildman–Crippen LogP) is 7.54. The monoisotopic (exact) mass is 910 g/mol. The van der Waals surface area contributed by atoms with Crippen molar-refractivity contribution in [3.05, 3.63) is 72.4 Å². The molecular formula is C46H54N8O8S2. The van der Waals surface area contributed by atoms with Crippen molar-refractivity contribution >= 4 is 76.4 Å². The zero-order chi connectivity index (χ0) is 45.3. The lowest BCUT2D eigenvalue weighted by atomic mass is 9.97. The number of carbonyl (C=O) groups excluding carboxylic acids is 4. The summed E-state index contributed by atoms with van der Waals surface area (Å²) < 4.78 is 35.7. The highest BCUT2D eigenvalue weighted by Crippen LogP contribution is 2.40. The zero-order valence-corrected chi connectivity index (χ0v) is 38.2. The number of nitrogens with zero attached hydrogens (tertiary/aromatic N) is 3. The van der Waals surface area contributed by atoms with Gasteiger partial charge in [0.15, 0.2) is 0 Å². The second-order valence-electron chi connectivity index (χ2n) is 17.2. The number of fused-ring (bicyclic) bond motifs is 4. The lowest BCUT2D eigenvalue weighted by Gasteiger charge is -2.30. The van der Waals surface area contributed by atoms with E-state index in [1.807, 2.05) is 37.1 Å². The molecule has 5 N–H and O–H groups in total. The smallest absolute Gasteiger partial charge is 0.407 e. The van der Waals surface area contributed by atoms with Crippen molar-refractivity contribution < 1.29 is 37.1 Å². The van der Waals surface area contributed by atoms with Gasteiger partial charge in [0.05, 0.1) is 55.0 Å². The first-order valence-corrected chi connectivity index (χ1v) is 24.6. The number of rotatable bonds is 14. The van der Waals surface area contributed by atoms with Gasteiger partial charge >= 0.3 is 12.2 Å². The number of nitrogens with one attached hydrogen (secondary N) is 5. The first kappa shape index (κ1) is 44.6. The molecule has 1 saturated heterocycles. The van der Waals surface area contributed by atoms with Crippen molar-refractivity contribution in [2.45, 2.75) is 83.0 Å². The lowest BCUT2D eigenvalue weighted by Crippen LogP contribution is -2.51. The highest BCUT2D eigenvalue weighted by molar-refractivity contribution is 7.90. The molecule has 16 nitrogen and oxygen atoms in total. The Morgan fingerprint density at radius 2 is 1.50 bits per heavy atom. The first-order valence-electron chi connectivity index (χ1n) is 21.7. The Balaban J connectivity index is 1.02. The van der Waals surface area contributed by atoms with E-state index in [0.717, 1.165) is 98.4 Å². The van der Waals surface area contributed by atoms with Gasteiger partial charge in [0.1, 0.15) is 33.6 Å². The molecule has 0 unspecified atom stereocenters. The molecule has 4 amide bonds. The third kappa shape index (κ3) is 9.57. The highest BCUT2D eigenvalue weighted by atomic mass is 32.2. The summed E-state index contributed by atoms with van der Waals surface area (Å²) in [5.41, 5.74) is 5.44. The Kier molecular flexibility index (Phi) is 13.0. The maximum atomic E-state index is 13.7. The number of hydrogen-bond acceptors (Lipinski definition) is 11. The average Bonchev–Trinajstić information content (AvgIpc) is 4.14. The molecule has 4 heterocycles.